The van der Waals surface area contributed by atoms with Crippen molar-refractivity contribution in [1.82, 2.24) is 5.32 Å². The third kappa shape index (κ3) is 2.59. The van der Waals surface area contributed by atoms with Crippen LogP contribution in [0.1, 0.15) is 12.0 Å². The molecule has 0 atom stereocenters. The molecule has 1 saturated carbocycles. The van der Waals surface area contributed by atoms with Crippen molar-refractivity contribution < 1.29 is 18.3 Å². The third-order valence-electron chi connectivity index (χ3n) is 4.12. The van der Waals surface area contributed by atoms with E-state index in [2.05, 4.69) is 16.1 Å². The highest BCUT2D eigenvalue weighted by molar-refractivity contribution is 6.01. The van der Waals surface area contributed by atoms with Crippen LogP contribution in [0.3, 0.4) is 0 Å². The van der Waals surface area contributed by atoms with Gasteiger partial charge in [-0.2, -0.15) is 8.78 Å². The van der Waals surface area contributed by atoms with Crippen LogP contribution in [0.25, 0.3) is 0 Å². The van der Waals surface area contributed by atoms with Crippen molar-refractivity contribution >= 4 is 5.91 Å². The Kier molecular flexibility index (Phi) is 3.15. The van der Waals surface area contributed by atoms with Crippen molar-refractivity contribution in [3.8, 4) is 5.75 Å². The van der Waals surface area contributed by atoms with Gasteiger partial charge in [0.15, 0.2) is 0 Å². The Hall–Kier alpha value is -2.69. The van der Waals surface area contributed by atoms with Crippen molar-refractivity contribution in [2.45, 2.75) is 19.6 Å². The van der Waals surface area contributed by atoms with Crippen LogP contribution in [0.4, 0.5) is 8.78 Å². The highest BCUT2D eigenvalue weighted by Crippen LogP contribution is 2.51. The van der Waals surface area contributed by atoms with E-state index in [4.69, 9.17) is 0 Å². The zero-order valence-corrected chi connectivity index (χ0v) is 12.1. The maximum absolute atomic E-state index is 12.3. The molecule has 1 aromatic rings. The first-order valence-electron chi connectivity index (χ1n) is 7.30. The molecule has 3 aliphatic rings. The number of fused-ring (bicyclic) bond motifs is 2. The summed E-state index contributed by atoms with van der Waals surface area (Å²) in [6.45, 7) is -2.50. The Morgan fingerprint density at radius 3 is 2.70 bits per heavy atom. The molecule has 1 fully saturated rings. The average Bonchev–Trinajstić information content (AvgIpc) is 3.01. The van der Waals surface area contributed by atoms with E-state index in [9.17, 15) is 13.6 Å². The van der Waals surface area contributed by atoms with Gasteiger partial charge in [0.2, 0.25) is 0 Å². The van der Waals surface area contributed by atoms with Crippen molar-refractivity contribution in [2.24, 2.45) is 0 Å². The fraction of sp³-hybridized carbons (Fsp3) is 0.167. The number of alkyl halides is 2. The van der Waals surface area contributed by atoms with Gasteiger partial charge in [0.1, 0.15) is 5.75 Å². The molecule has 3 nitrogen and oxygen atoms in total. The van der Waals surface area contributed by atoms with E-state index in [-0.39, 0.29) is 11.7 Å². The van der Waals surface area contributed by atoms with Gasteiger partial charge in [-0.1, -0.05) is 18.2 Å². The second kappa shape index (κ2) is 5.19. The first-order chi connectivity index (χ1) is 11.1. The molecule has 0 aliphatic heterocycles. The summed E-state index contributed by atoms with van der Waals surface area (Å²) in [5, 5.41) is 2.85. The lowest BCUT2D eigenvalue weighted by Gasteiger charge is -2.08. The molecule has 0 saturated heterocycles. The number of allylic oxidation sites excluding steroid dienone is 6. The first kappa shape index (κ1) is 13.9. The maximum atomic E-state index is 12.3. The molecular weight excluding hydrogens is 300 g/mol. The monoisotopic (exact) mass is 313 g/mol. The molecule has 4 rings (SSSR count). The lowest BCUT2D eigenvalue weighted by atomic mass is 10.1. The molecule has 1 amide bonds. The number of hydrogen-bond donors (Lipinski definition) is 1. The summed E-state index contributed by atoms with van der Waals surface area (Å²) in [5.41, 5.74) is 6.38. The van der Waals surface area contributed by atoms with Crippen LogP contribution in [0, 0.1) is 0 Å². The number of ether oxygens (including phenoxy) is 1. The molecule has 1 aromatic carbocycles. The lowest BCUT2D eigenvalue weighted by molar-refractivity contribution is -0.117. The van der Waals surface area contributed by atoms with Crippen molar-refractivity contribution in [2.75, 3.05) is 0 Å². The number of hydrogen-bond acceptors (Lipinski definition) is 2. The highest BCUT2D eigenvalue weighted by Gasteiger charge is 2.35. The van der Waals surface area contributed by atoms with E-state index < -0.39 is 6.61 Å². The van der Waals surface area contributed by atoms with E-state index in [1.165, 1.54) is 28.9 Å². The standard InChI is InChI=1S/C18H13F2NO2/c19-18(20)23-12-3-1-10(2-4-12)9-21-17(22)14-6-5-13-15-7-11(15)8-16(13)14/h1-6,8,18H,7,9H2,(H,21,22). The van der Waals surface area contributed by atoms with Crippen LogP contribution in [0.15, 0.2) is 70.4 Å². The van der Waals surface area contributed by atoms with Crippen molar-refractivity contribution in [1.29, 1.82) is 0 Å². The zero-order chi connectivity index (χ0) is 16.0. The summed E-state index contributed by atoms with van der Waals surface area (Å²) in [6, 6.07) is 6.23. The van der Waals surface area contributed by atoms with Gasteiger partial charge in [-0.15, -0.1) is 0 Å². The van der Waals surface area contributed by atoms with Crippen LogP contribution in [0.5, 0.6) is 5.75 Å². The minimum Gasteiger partial charge on any atom is -0.435 e. The van der Waals surface area contributed by atoms with Gasteiger partial charge in [0.05, 0.1) is 0 Å². The summed E-state index contributed by atoms with van der Waals surface area (Å²) in [6.07, 6.45) is 6.96. The van der Waals surface area contributed by atoms with Crippen LogP contribution in [0.2, 0.25) is 0 Å². The summed E-state index contributed by atoms with van der Waals surface area (Å²) in [5.74, 6) is -0.0234. The summed E-state index contributed by atoms with van der Waals surface area (Å²) >= 11 is 0. The average molecular weight is 313 g/mol. The lowest BCUT2D eigenvalue weighted by Crippen LogP contribution is -2.24. The number of rotatable bonds is 5. The van der Waals surface area contributed by atoms with E-state index in [0.29, 0.717) is 12.1 Å². The minimum absolute atomic E-state index is 0.104. The molecular formula is C18H13F2NO2. The quantitative estimate of drug-likeness (QED) is 0.904. The van der Waals surface area contributed by atoms with Gasteiger partial charge >= 0.3 is 6.61 Å². The molecule has 116 valence electrons. The van der Waals surface area contributed by atoms with Gasteiger partial charge in [0.25, 0.3) is 5.91 Å². The van der Waals surface area contributed by atoms with Crippen LogP contribution in [-0.4, -0.2) is 12.5 Å². The maximum Gasteiger partial charge on any atom is 0.387 e. The van der Waals surface area contributed by atoms with Crippen LogP contribution < -0.4 is 10.1 Å². The van der Waals surface area contributed by atoms with E-state index in [0.717, 1.165) is 17.6 Å². The Bertz CT molecular complexity index is 814. The molecule has 23 heavy (non-hydrogen) atoms. The van der Waals surface area contributed by atoms with E-state index in [1.54, 1.807) is 12.1 Å². The fourth-order valence-corrected chi connectivity index (χ4v) is 2.90. The third-order valence-corrected chi connectivity index (χ3v) is 4.12. The number of amides is 1. The Labute approximate surface area is 131 Å². The largest absolute Gasteiger partial charge is 0.435 e. The molecule has 5 heteroatoms. The number of halogens is 2. The normalized spacial score (nSPS) is 17.4. The minimum atomic E-state index is -2.84. The van der Waals surface area contributed by atoms with E-state index in [1.807, 2.05) is 12.2 Å². The molecule has 3 aliphatic carbocycles. The predicted octanol–water partition coefficient (Wildman–Crippen LogP) is 3.41. The molecule has 0 aromatic heterocycles. The molecule has 1 N–H and O–H groups in total. The highest BCUT2D eigenvalue weighted by atomic mass is 19.3. The molecule has 0 radical (unpaired) electrons. The first-order valence-corrected chi connectivity index (χ1v) is 7.30. The van der Waals surface area contributed by atoms with Gasteiger partial charge < -0.3 is 10.1 Å². The number of carbonyl (C=O) groups excluding carboxylic acids is 1. The number of carbonyl (C=O) groups is 1. The molecule has 0 bridgehead atoms. The van der Waals surface area contributed by atoms with Crippen LogP contribution >= 0.6 is 0 Å². The molecule has 0 unspecified atom stereocenters. The molecule has 0 heterocycles. The van der Waals surface area contributed by atoms with E-state index >= 15 is 0 Å². The van der Waals surface area contributed by atoms with Crippen molar-refractivity contribution in [3.05, 3.63) is 75.9 Å². The SMILES string of the molecule is O=C(NCc1ccc(OC(F)F)cc1)C1=C2C=C3CC3=C2C=C1. The smallest absolute Gasteiger partial charge is 0.387 e. The van der Waals surface area contributed by atoms with Gasteiger partial charge in [-0.25, -0.2) is 0 Å². The summed E-state index contributed by atoms with van der Waals surface area (Å²) < 4.78 is 28.5. The zero-order valence-electron chi connectivity index (χ0n) is 12.1. The predicted molar refractivity (Wildman–Crippen MR) is 80.8 cm³/mol. The Morgan fingerprint density at radius 2 is 1.96 bits per heavy atom. The Balaban J connectivity index is 1.39. The second-order valence-corrected chi connectivity index (χ2v) is 5.60. The van der Waals surface area contributed by atoms with Gasteiger partial charge in [-0.3, -0.25) is 4.79 Å². The van der Waals surface area contributed by atoms with Crippen molar-refractivity contribution in [3.63, 3.8) is 0 Å². The number of nitrogens with one attached hydrogen (secondary N) is 1. The Morgan fingerprint density at radius 1 is 1.17 bits per heavy atom. The van der Waals surface area contributed by atoms with Gasteiger partial charge in [-0.05, 0) is 58.6 Å². The number of benzene rings is 1. The van der Waals surface area contributed by atoms with Gasteiger partial charge in [0, 0.05) is 12.1 Å². The summed E-state index contributed by atoms with van der Waals surface area (Å²) in [4.78, 5) is 12.3. The molecule has 0 spiro atoms. The van der Waals surface area contributed by atoms with Crippen LogP contribution in [-0.2, 0) is 11.3 Å². The summed E-state index contributed by atoms with van der Waals surface area (Å²) in [7, 11) is 0. The topological polar surface area (TPSA) is 38.3 Å². The second-order valence-electron chi connectivity index (χ2n) is 5.60. The fourth-order valence-electron chi connectivity index (χ4n) is 2.90.